The van der Waals surface area contributed by atoms with Crippen LogP contribution in [0.1, 0.15) is 27.6 Å². The average molecular weight is 292 g/mol. The van der Waals surface area contributed by atoms with Gasteiger partial charge in [0.05, 0.1) is 6.33 Å². The lowest BCUT2D eigenvalue weighted by Crippen LogP contribution is -1.94. The lowest BCUT2D eigenvalue weighted by molar-refractivity contribution is 0.101. The average Bonchev–Trinajstić information content (AvgIpc) is 3.11. The molecule has 3 rings (SSSR count). The van der Waals surface area contributed by atoms with Gasteiger partial charge in [-0.25, -0.2) is 4.98 Å². The summed E-state index contributed by atoms with van der Waals surface area (Å²) in [6, 6.07) is 16.5. The highest BCUT2D eigenvalue weighted by Crippen LogP contribution is 2.09. The van der Waals surface area contributed by atoms with Crippen molar-refractivity contribution in [3.8, 4) is 5.69 Å². The minimum absolute atomic E-state index is 0.0854. The summed E-state index contributed by atoms with van der Waals surface area (Å²) in [6.45, 7) is 1.56. The summed E-state index contributed by atoms with van der Waals surface area (Å²) < 4.78 is 1.89. The Kier molecular flexibility index (Phi) is 5.37. The van der Waals surface area contributed by atoms with Crippen molar-refractivity contribution in [2.24, 2.45) is 0 Å². The number of nitrogens with zero attached hydrogens (tertiary/aromatic N) is 2. The standard InChI is InChI=1S/C11H10N2O.C7H6O/c1-9(14)10-2-4-11(5-3-10)13-7-6-12-8-13;8-6-7-4-2-1-3-5-7/h2-8H,1H3;1-6H. The van der Waals surface area contributed by atoms with Crippen molar-refractivity contribution < 1.29 is 9.59 Å². The summed E-state index contributed by atoms with van der Waals surface area (Å²) in [7, 11) is 0. The number of carbonyl (C=O) groups excluding carboxylic acids is 2. The van der Waals surface area contributed by atoms with Crippen LogP contribution in [0.4, 0.5) is 0 Å². The molecule has 0 saturated heterocycles. The predicted molar refractivity (Wildman–Crippen MR) is 85.4 cm³/mol. The van der Waals surface area contributed by atoms with Crippen LogP contribution in [-0.4, -0.2) is 21.6 Å². The van der Waals surface area contributed by atoms with Gasteiger partial charge in [0.2, 0.25) is 0 Å². The number of carbonyl (C=O) groups is 2. The molecule has 0 spiro atoms. The molecule has 22 heavy (non-hydrogen) atoms. The Morgan fingerprint density at radius 3 is 2.18 bits per heavy atom. The van der Waals surface area contributed by atoms with E-state index in [1.165, 1.54) is 0 Å². The number of aldehydes is 1. The zero-order valence-corrected chi connectivity index (χ0v) is 12.2. The summed E-state index contributed by atoms with van der Waals surface area (Å²) in [6.07, 6.45) is 6.14. The summed E-state index contributed by atoms with van der Waals surface area (Å²) in [5.41, 5.74) is 2.47. The molecule has 0 bridgehead atoms. The molecule has 4 heteroatoms. The quantitative estimate of drug-likeness (QED) is 0.547. The lowest BCUT2D eigenvalue weighted by Gasteiger charge is -2.01. The van der Waals surface area contributed by atoms with E-state index in [4.69, 9.17) is 0 Å². The molecular formula is C18H16N2O2. The minimum atomic E-state index is 0.0854. The summed E-state index contributed by atoms with van der Waals surface area (Å²) in [4.78, 5) is 25.0. The van der Waals surface area contributed by atoms with Gasteiger partial charge >= 0.3 is 0 Å². The maximum atomic E-state index is 11.0. The van der Waals surface area contributed by atoms with Crippen LogP contribution in [0.2, 0.25) is 0 Å². The molecule has 1 heterocycles. The van der Waals surface area contributed by atoms with Gasteiger partial charge in [-0.15, -0.1) is 0 Å². The van der Waals surface area contributed by atoms with E-state index in [0.717, 1.165) is 23.1 Å². The monoisotopic (exact) mass is 292 g/mol. The summed E-state index contributed by atoms with van der Waals surface area (Å²) >= 11 is 0. The van der Waals surface area contributed by atoms with Crippen molar-refractivity contribution in [1.82, 2.24) is 9.55 Å². The fourth-order valence-corrected chi connectivity index (χ4v) is 1.81. The number of ketones is 1. The first kappa shape index (κ1) is 15.4. The van der Waals surface area contributed by atoms with Crippen molar-refractivity contribution >= 4 is 12.1 Å². The van der Waals surface area contributed by atoms with Crippen molar-refractivity contribution in [3.63, 3.8) is 0 Å². The van der Waals surface area contributed by atoms with Crippen molar-refractivity contribution in [3.05, 3.63) is 84.4 Å². The molecule has 0 fully saturated rings. The molecule has 2 aromatic carbocycles. The van der Waals surface area contributed by atoms with E-state index in [1.54, 1.807) is 31.6 Å². The highest BCUT2D eigenvalue weighted by atomic mass is 16.1. The number of imidazole rings is 1. The number of benzene rings is 2. The van der Waals surface area contributed by atoms with Crippen molar-refractivity contribution in [1.29, 1.82) is 0 Å². The minimum Gasteiger partial charge on any atom is -0.306 e. The Morgan fingerprint density at radius 2 is 1.73 bits per heavy atom. The Hall–Kier alpha value is -3.01. The van der Waals surface area contributed by atoms with Crippen LogP contribution in [0.15, 0.2) is 73.3 Å². The Labute approximate surface area is 129 Å². The number of rotatable bonds is 3. The van der Waals surface area contributed by atoms with Gasteiger partial charge in [0.15, 0.2) is 5.78 Å². The highest BCUT2D eigenvalue weighted by molar-refractivity contribution is 5.94. The van der Waals surface area contributed by atoms with Gasteiger partial charge in [0.25, 0.3) is 0 Å². The SMILES string of the molecule is CC(=O)c1ccc(-n2ccnc2)cc1.O=Cc1ccccc1. The van der Waals surface area contributed by atoms with E-state index in [1.807, 2.05) is 53.2 Å². The molecule has 0 N–H and O–H groups in total. The van der Waals surface area contributed by atoms with Crippen molar-refractivity contribution in [2.75, 3.05) is 0 Å². The van der Waals surface area contributed by atoms with E-state index >= 15 is 0 Å². The smallest absolute Gasteiger partial charge is 0.159 e. The molecule has 1 aromatic heterocycles. The normalized spacial score (nSPS) is 9.50. The van der Waals surface area contributed by atoms with Crippen molar-refractivity contribution in [2.45, 2.75) is 6.92 Å². The fraction of sp³-hybridized carbons (Fsp3) is 0.0556. The first-order valence-corrected chi connectivity index (χ1v) is 6.80. The number of aromatic nitrogens is 2. The lowest BCUT2D eigenvalue weighted by atomic mass is 10.1. The van der Waals surface area contributed by atoms with Crippen LogP contribution >= 0.6 is 0 Å². The molecule has 0 aliphatic heterocycles. The van der Waals surface area contributed by atoms with E-state index in [2.05, 4.69) is 4.98 Å². The van der Waals surface area contributed by atoms with Gasteiger partial charge in [-0.05, 0) is 31.2 Å². The van der Waals surface area contributed by atoms with E-state index in [9.17, 15) is 9.59 Å². The van der Waals surface area contributed by atoms with Gasteiger partial charge in [-0.3, -0.25) is 9.59 Å². The first-order chi connectivity index (χ1) is 10.7. The van der Waals surface area contributed by atoms with E-state index in [-0.39, 0.29) is 5.78 Å². The molecule has 0 saturated carbocycles. The van der Waals surface area contributed by atoms with Gasteiger partial charge in [-0.1, -0.05) is 30.3 Å². The van der Waals surface area contributed by atoms with Gasteiger partial charge < -0.3 is 4.57 Å². The number of hydrogen-bond acceptors (Lipinski definition) is 3. The molecule has 0 aliphatic carbocycles. The molecule has 0 radical (unpaired) electrons. The Morgan fingerprint density at radius 1 is 1.05 bits per heavy atom. The predicted octanol–water partition coefficient (Wildman–Crippen LogP) is 3.57. The molecule has 4 nitrogen and oxygen atoms in total. The van der Waals surface area contributed by atoms with E-state index < -0.39 is 0 Å². The largest absolute Gasteiger partial charge is 0.306 e. The third-order valence-electron chi connectivity index (χ3n) is 3.01. The molecule has 3 aromatic rings. The second-order valence-corrected chi connectivity index (χ2v) is 4.60. The van der Waals surface area contributed by atoms with Crippen LogP contribution in [-0.2, 0) is 0 Å². The van der Waals surface area contributed by atoms with Crippen LogP contribution in [0.3, 0.4) is 0 Å². The summed E-state index contributed by atoms with van der Waals surface area (Å²) in [5, 5.41) is 0. The van der Waals surface area contributed by atoms with Crippen LogP contribution in [0.25, 0.3) is 5.69 Å². The van der Waals surface area contributed by atoms with Gasteiger partial charge in [-0.2, -0.15) is 0 Å². The topological polar surface area (TPSA) is 52.0 Å². The van der Waals surface area contributed by atoms with Gasteiger partial charge in [0.1, 0.15) is 6.29 Å². The first-order valence-electron chi connectivity index (χ1n) is 6.80. The fourth-order valence-electron chi connectivity index (χ4n) is 1.81. The third kappa shape index (κ3) is 4.24. The Balaban J connectivity index is 0.000000188. The maximum absolute atomic E-state index is 11.0. The second kappa shape index (κ2) is 7.69. The zero-order valence-electron chi connectivity index (χ0n) is 12.2. The molecule has 0 aliphatic rings. The highest BCUT2D eigenvalue weighted by Gasteiger charge is 1.99. The van der Waals surface area contributed by atoms with Crippen LogP contribution < -0.4 is 0 Å². The number of Topliss-reactive ketones (excluding diaryl/α,β-unsaturated/α-hetero) is 1. The molecule has 110 valence electrons. The van der Waals surface area contributed by atoms with Gasteiger partial charge in [0, 0.05) is 29.2 Å². The second-order valence-electron chi connectivity index (χ2n) is 4.60. The molecule has 0 amide bonds. The van der Waals surface area contributed by atoms with E-state index in [0.29, 0.717) is 0 Å². The van der Waals surface area contributed by atoms with Crippen LogP contribution in [0, 0.1) is 0 Å². The summed E-state index contributed by atoms with van der Waals surface area (Å²) in [5.74, 6) is 0.0854. The maximum Gasteiger partial charge on any atom is 0.159 e. The zero-order chi connectivity index (χ0) is 15.8. The third-order valence-corrected chi connectivity index (χ3v) is 3.01. The number of hydrogen-bond donors (Lipinski definition) is 0. The molecular weight excluding hydrogens is 276 g/mol. The molecule has 0 atom stereocenters. The molecule has 0 unspecified atom stereocenters. The Bertz CT molecular complexity index is 718. The van der Waals surface area contributed by atoms with Crippen LogP contribution in [0.5, 0.6) is 0 Å².